The van der Waals surface area contributed by atoms with Crippen molar-refractivity contribution in [3.63, 3.8) is 0 Å². The van der Waals surface area contributed by atoms with Crippen LogP contribution < -0.4 is 10.7 Å². The van der Waals surface area contributed by atoms with Gasteiger partial charge in [0.15, 0.2) is 6.61 Å². The van der Waals surface area contributed by atoms with Crippen molar-refractivity contribution in [3.8, 4) is 0 Å². The molecule has 0 bridgehead atoms. The number of Topliss-reactive ketones (excluding diaryl/α,β-unsaturated/α-hetero) is 1. The van der Waals surface area contributed by atoms with E-state index in [0.29, 0.717) is 22.5 Å². The monoisotopic (exact) mass is 371 g/mol. The van der Waals surface area contributed by atoms with Crippen molar-refractivity contribution in [2.24, 2.45) is 0 Å². The summed E-state index contributed by atoms with van der Waals surface area (Å²) in [5.74, 6) is -2.01. The second kappa shape index (κ2) is 8.79. The Labute approximate surface area is 156 Å². The summed E-state index contributed by atoms with van der Waals surface area (Å²) in [4.78, 5) is 47.3. The molecule has 1 heterocycles. The van der Waals surface area contributed by atoms with Crippen LogP contribution in [0, 0.1) is 13.8 Å². The van der Waals surface area contributed by atoms with Gasteiger partial charge in [0.1, 0.15) is 6.42 Å². The van der Waals surface area contributed by atoms with Gasteiger partial charge in [-0.3, -0.25) is 29.3 Å². The number of ketones is 1. The summed E-state index contributed by atoms with van der Waals surface area (Å²) in [7, 11) is 1.40. The first kappa shape index (κ1) is 19.9. The first-order chi connectivity index (χ1) is 12.8. The molecular weight excluding hydrogens is 350 g/mol. The van der Waals surface area contributed by atoms with Gasteiger partial charge in [-0.05, 0) is 32.0 Å². The highest BCUT2D eigenvalue weighted by Crippen LogP contribution is 2.15. The standard InChI is InChI=1S/C19H21N3O5/c1-12-9-15(16(23)11-27-18(25)10-17(24)20-3)13(2)22(12)21-19(26)14-7-5-4-6-8-14/h4-9H,10-11H2,1-3H3,(H,20,24)(H,21,26). The molecule has 1 aromatic carbocycles. The Morgan fingerprint density at radius 3 is 2.37 bits per heavy atom. The summed E-state index contributed by atoms with van der Waals surface area (Å²) in [5, 5.41) is 2.30. The van der Waals surface area contributed by atoms with Crippen molar-refractivity contribution in [2.75, 3.05) is 19.1 Å². The Balaban J connectivity index is 2.06. The number of aromatic nitrogens is 1. The summed E-state index contributed by atoms with van der Waals surface area (Å²) in [6.07, 6.45) is -0.448. The van der Waals surface area contributed by atoms with Crippen molar-refractivity contribution in [1.29, 1.82) is 0 Å². The first-order valence-corrected chi connectivity index (χ1v) is 8.28. The Bertz CT molecular complexity index is 871. The first-order valence-electron chi connectivity index (χ1n) is 8.28. The second-order valence-corrected chi connectivity index (χ2v) is 5.86. The minimum absolute atomic E-state index is 0.312. The maximum absolute atomic E-state index is 12.3. The smallest absolute Gasteiger partial charge is 0.315 e. The third kappa shape index (κ3) is 5.04. The second-order valence-electron chi connectivity index (χ2n) is 5.86. The molecule has 0 aliphatic rings. The Kier molecular flexibility index (Phi) is 6.48. The van der Waals surface area contributed by atoms with Crippen LogP contribution in [0.2, 0.25) is 0 Å². The third-order valence-electron chi connectivity index (χ3n) is 3.93. The average Bonchev–Trinajstić information content (AvgIpc) is 2.94. The van der Waals surface area contributed by atoms with E-state index in [9.17, 15) is 19.2 Å². The molecule has 142 valence electrons. The van der Waals surface area contributed by atoms with Gasteiger partial charge in [0.25, 0.3) is 5.91 Å². The van der Waals surface area contributed by atoms with E-state index >= 15 is 0 Å². The predicted octanol–water partition coefficient (Wildman–Crippen LogP) is 1.35. The van der Waals surface area contributed by atoms with Crippen molar-refractivity contribution in [2.45, 2.75) is 20.3 Å². The third-order valence-corrected chi connectivity index (χ3v) is 3.93. The molecule has 0 saturated heterocycles. The molecule has 8 nitrogen and oxygen atoms in total. The summed E-state index contributed by atoms with van der Waals surface area (Å²) in [6, 6.07) is 10.3. The van der Waals surface area contributed by atoms with Gasteiger partial charge in [0, 0.05) is 29.6 Å². The normalized spacial score (nSPS) is 10.2. The highest BCUT2D eigenvalue weighted by Gasteiger charge is 2.19. The molecule has 0 spiro atoms. The number of carbonyl (C=O) groups is 4. The SMILES string of the molecule is CNC(=O)CC(=O)OCC(=O)c1cc(C)n(NC(=O)c2ccccc2)c1C. The summed E-state index contributed by atoms with van der Waals surface area (Å²) in [5.41, 5.74) is 4.72. The van der Waals surface area contributed by atoms with E-state index in [0.717, 1.165) is 0 Å². The minimum Gasteiger partial charge on any atom is -0.457 e. The maximum Gasteiger partial charge on any atom is 0.315 e. The van der Waals surface area contributed by atoms with E-state index in [2.05, 4.69) is 10.7 Å². The Morgan fingerprint density at radius 1 is 1.07 bits per heavy atom. The number of nitrogens with one attached hydrogen (secondary N) is 2. The predicted molar refractivity (Wildman–Crippen MR) is 98.0 cm³/mol. The fraction of sp³-hybridized carbons (Fsp3) is 0.263. The Morgan fingerprint density at radius 2 is 1.74 bits per heavy atom. The van der Waals surface area contributed by atoms with E-state index < -0.39 is 30.7 Å². The van der Waals surface area contributed by atoms with Gasteiger partial charge in [-0.2, -0.15) is 0 Å². The molecule has 2 amide bonds. The van der Waals surface area contributed by atoms with Gasteiger partial charge >= 0.3 is 5.97 Å². The molecule has 2 aromatic rings. The van der Waals surface area contributed by atoms with Gasteiger partial charge in [0.05, 0.1) is 0 Å². The molecule has 0 unspecified atom stereocenters. The van der Waals surface area contributed by atoms with E-state index in [-0.39, 0.29) is 5.91 Å². The van der Waals surface area contributed by atoms with Gasteiger partial charge in [-0.15, -0.1) is 0 Å². The zero-order valence-electron chi connectivity index (χ0n) is 15.4. The summed E-state index contributed by atoms with van der Waals surface area (Å²) in [6.45, 7) is 2.94. The average molecular weight is 371 g/mol. The largest absolute Gasteiger partial charge is 0.457 e. The molecule has 0 fully saturated rings. The van der Waals surface area contributed by atoms with Crippen molar-refractivity contribution in [3.05, 3.63) is 58.9 Å². The summed E-state index contributed by atoms with van der Waals surface area (Å²) < 4.78 is 6.35. The zero-order chi connectivity index (χ0) is 20.0. The molecule has 0 radical (unpaired) electrons. The van der Waals surface area contributed by atoms with Crippen LogP contribution in [0.3, 0.4) is 0 Å². The van der Waals surface area contributed by atoms with Crippen molar-refractivity contribution in [1.82, 2.24) is 9.99 Å². The topological polar surface area (TPSA) is 106 Å². The van der Waals surface area contributed by atoms with Crippen LogP contribution in [0.15, 0.2) is 36.4 Å². The number of carbonyl (C=O) groups excluding carboxylic acids is 4. The molecule has 0 aliphatic carbocycles. The van der Waals surface area contributed by atoms with Gasteiger partial charge < -0.3 is 10.1 Å². The molecule has 2 N–H and O–H groups in total. The molecule has 2 rings (SSSR count). The number of hydrogen-bond donors (Lipinski definition) is 2. The van der Waals surface area contributed by atoms with E-state index in [1.165, 1.54) is 11.7 Å². The van der Waals surface area contributed by atoms with E-state index in [1.807, 2.05) is 6.07 Å². The number of benzene rings is 1. The molecule has 8 heteroatoms. The Hall–Kier alpha value is -3.42. The lowest BCUT2D eigenvalue weighted by Crippen LogP contribution is -2.25. The lowest BCUT2D eigenvalue weighted by atomic mass is 10.1. The molecule has 27 heavy (non-hydrogen) atoms. The molecule has 0 aliphatic heterocycles. The van der Waals surface area contributed by atoms with Crippen molar-refractivity contribution >= 4 is 23.6 Å². The fourth-order valence-electron chi connectivity index (χ4n) is 2.47. The van der Waals surface area contributed by atoms with Crippen LogP contribution in [0.25, 0.3) is 0 Å². The van der Waals surface area contributed by atoms with Crippen LogP contribution in [-0.2, 0) is 14.3 Å². The van der Waals surface area contributed by atoms with Crippen LogP contribution in [-0.4, -0.2) is 41.9 Å². The number of amides is 2. The van der Waals surface area contributed by atoms with Gasteiger partial charge in [-0.1, -0.05) is 18.2 Å². The summed E-state index contributed by atoms with van der Waals surface area (Å²) >= 11 is 0. The number of ether oxygens (including phenoxy) is 1. The van der Waals surface area contributed by atoms with Crippen molar-refractivity contribution < 1.29 is 23.9 Å². The van der Waals surface area contributed by atoms with Crippen LogP contribution in [0.1, 0.15) is 38.5 Å². The molecule has 1 aromatic heterocycles. The number of hydrogen-bond acceptors (Lipinski definition) is 5. The van der Waals surface area contributed by atoms with E-state index in [1.54, 1.807) is 44.2 Å². The van der Waals surface area contributed by atoms with Gasteiger partial charge in [-0.25, -0.2) is 0 Å². The lowest BCUT2D eigenvalue weighted by Gasteiger charge is -2.11. The highest BCUT2D eigenvalue weighted by molar-refractivity contribution is 6.02. The number of nitrogens with zero attached hydrogens (tertiary/aromatic N) is 1. The quantitative estimate of drug-likeness (QED) is 0.434. The molecular formula is C19H21N3O5. The number of rotatable bonds is 7. The van der Waals surface area contributed by atoms with Crippen LogP contribution in [0.5, 0.6) is 0 Å². The van der Waals surface area contributed by atoms with Gasteiger partial charge in [0.2, 0.25) is 11.7 Å². The van der Waals surface area contributed by atoms with Crippen LogP contribution in [0.4, 0.5) is 0 Å². The number of aryl methyl sites for hydroxylation is 1. The highest BCUT2D eigenvalue weighted by atomic mass is 16.5. The van der Waals surface area contributed by atoms with Crippen LogP contribution >= 0.6 is 0 Å². The maximum atomic E-state index is 12.3. The van der Waals surface area contributed by atoms with E-state index in [4.69, 9.17) is 4.74 Å². The number of esters is 1. The fourth-order valence-corrected chi connectivity index (χ4v) is 2.47. The molecule has 0 saturated carbocycles. The molecule has 0 atom stereocenters. The minimum atomic E-state index is -0.783. The lowest BCUT2D eigenvalue weighted by molar-refractivity contribution is -0.145. The zero-order valence-corrected chi connectivity index (χ0v) is 15.4.